The maximum absolute atomic E-state index is 12.3. The number of nitrogens with one attached hydrogen (secondary N) is 1. The minimum Gasteiger partial charge on any atom is -0.325 e. The van der Waals surface area contributed by atoms with Crippen molar-refractivity contribution in [2.75, 3.05) is 5.32 Å². The Morgan fingerprint density at radius 3 is 1.80 bits per heavy atom. The lowest BCUT2D eigenvalue weighted by molar-refractivity contribution is -0.272. The highest BCUT2D eigenvalue weighted by molar-refractivity contribution is 5.93. The summed E-state index contributed by atoms with van der Waals surface area (Å²) in [6.45, 7) is 0. The third-order valence-electron chi connectivity index (χ3n) is 2.23. The number of rotatable bonds is 3. The zero-order chi connectivity index (χ0) is 15.6. The Hall–Kier alpha value is -2.06. The average molecular weight is 299 g/mol. The Labute approximate surface area is 108 Å². The molecule has 0 spiro atoms. The Kier molecular flexibility index (Phi) is 4.41. The summed E-state index contributed by atoms with van der Waals surface area (Å²) in [6, 6.07) is 4.31. The summed E-state index contributed by atoms with van der Waals surface area (Å²) in [5, 5.41) is 1.51. The van der Waals surface area contributed by atoms with Crippen molar-refractivity contribution in [2.24, 2.45) is 5.92 Å². The third-order valence-corrected chi connectivity index (χ3v) is 2.23. The molecule has 0 atom stereocenters. The van der Waals surface area contributed by atoms with Gasteiger partial charge in [-0.3, -0.25) is 9.59 Å². The molecule has 0 bridgehead atoms. The fourth-order valence-corrected chi connectivity index (χ4v) is 1.34. The summed E-state index contributed by atoms with van der Waals surface area (Å²) in [6.07, 6.45) is -11.1. The van der Waals surface area contributed by atoms with Gasteiger partial charge in [-0.15, -0.1) is 0 Å². The number of benzene rings is 1. The number of carbonyl (C=O) groups is 2. The molecule has 0 aromatic heterocycles. The SMILES string of the molecule is O=Cc1ccc(NC(=O)C(C(F)(F)F)C(F)(F)F)cc1. The first-order valence-electron chi connectivity index (χ1n) is 5.05. The van der Waals surface area contributed by atoms with Crippen LogP contribution in [-0.2, 0) is 4.79 Å². The van der Waals surface area contributed by atoms with Crippen LogP contribution in [0.4, 0.5) is 32.0 Å². The lowest BCUT2D eigenvalue weighted by Gasteiger charge is -2.22. The summed E-state index contributed by atoms with van der Waals surface area (Å²) in [5.41, 5.74) is -0.120. The molecule has 1 N–H and O–H groups in total. The van der Waals surface area contributed by atoms with Gasteiger partial charge in [0, 0.05) is 11.3 Å². The first-order chi connectivity index (χ1) is 9.05. The summed E-state index contributed by atoms with van der Waals surface area (Å²) in [5.74, 6) is -6.34. The summed E-state index contributed by atoms with van der Waals surface area (Å²) in [4.78, 5) is 21.5. The van der Waals surface area contributed by atoms with Crippen LogP contribution < -0.4 is 5.32 Å². The van der Waals surface area contributed by atoms with Crippen LogP contribution in [0.25, 0.3) is 0 Å². The average Bonchev–Trinajstić information content (AvgIpc) is 2.25. The molecule has 20 heavy (non-hydrogen) atoms. The second-order valence-electron chi connectivity index (χ2n) is 3.75. The molecule has 1 amide bonds. The number of anilines is 1. The fraction of sp³-hybridized carbons (Fsp3) is 0.273. The van der Waals surface area contributed by atoms with Crippen molar-refractivity contribution in [3.63, 3.8) is 0 Å². The summed E-state index contributed by atoms with van der Waals surface area (Å²) >= 11 is 0. The largest absolute Gasteiger partial charge is 0.409 e. The Bertz CT molecular complexity index is 477. The number of carbonyl (C=O) groups excluding carboxylic acids is 2. The second-order valence-corrected chi connectivity index (χ2v) is 3.75. The van der Waals surface area contributed by atoms with Crippen molar-refractivity contribution in [1.82, 2.24) is 0 Å². The van der Waals surface area contributed by atoms with Crippen molar-refractivity contribution in [3.8, 4) is 0 Å². The lowest BCUT2D eigenvalue weighted by Crippen LogP contribution is -2.45. The maximum Gasteiger partial charge on any atom is 0.409 e. The topological polar surface area (TPSA) is 46.2 Å². The van der Waals surface area contributed by atoms with Crippen molar-refractivity contribution in [3.05, 3.63) is 29.8 Å². The van der Waals surface area contributed by atoms with E-state index in [0.717, 1.165) is 24.3 Å². The monoisotopic (exact) mass is 299 g/mol. The van der Waals surface area contributed by atoms with Crippen LogP contribution in [0, 0.1) is 5.92 Å². The van der Waals surface area contributed by atoms with Crippen molar-refractivity contribution in [1.29, 1.82) is 0 Å². The van der Waals surface area contributed by atoms with E-state index in [1.54, 1.807) is 0 Å². The zero-order valence-corrected chi connectivity index (χ0v) is 9.55. The molecule has 1 aromatic carbocycles. The molecular formula is C11H7F6NO2. The van der Waals surface area contributed by atoms with Gasteiger partial charge in [0.15, 0.2) is 0 Å². The highest BCUT2D eigenvalue weighted by atomic mass is 19.4. The number of amides is 1. The zero-order valence-electron chi connectivity index (χ0n) is 9.55. The van der Waals surface area contributed by atoms with Gasteiger partial charge in [0.1, 0.15) is 6.29 Å². The number of halogens is 6. The van der Waals surface area contributed by atoms with Crippen LogP contribution in [-0.4, -0.2) is 24.5 Å². The molecule has 0 aliphatic carbocycles. The van der Waals surface area contributed by atoms with E-state index >= 15 is 0 Å². The molecule has 0 saturated heterocycles. The molecular weight excluding hydrogens is 292 g/mol. The molecule has 3 nitrogen and oxygen atoms in total. The molecule has 0 radical (unpaired) electrons. The van der Waals surface area contributed by atoms with Crippen LogP contribution in [0.3, 0.4) is 0 Å². The van der Waals surface area contributed by atoms with Crippen LogP contribution in [0.1, 0.15) is 10.4 Å². The fourth-order valence-electron chi connectivity index (χ4n) is 1.34. The van der Waals surface area contributed by atoms with Gasteiger partial charge in [-0.05, 0) is 24.3 Å². The van der Waals surface area contributed by atoms with Gasteiger partial charge in [0.25, 0.3) is 0 Å². The molecule has 0 heterocycles. The van der Waals surface area contributed by atoms with E-state index < -0.39 is 24.2 Å². The molecule has 1 rings (SSSR count). The lowest BCUT2D eigenvalue weighted by atomic mass is 10.1. The van der Waals surface area contributed by atoms with Gasteiger partial charge in [-0.25, -0.2) is 0 Å². The smallest absolute Gasteiger partial charge is 0.325 e. The van der Waals surface area contributed by atoms with E-state index in [1.165, 1.54) is 5.32 Å². The Morgan fingerprint density at radius 1 is 1.00 bits per heavy atom. The second kappa shape index (κ2) is 5.51. The van der Waals surface area contributed by atoms with Gasteiger partial charge in [0.05, 0.1) is 0 Å². The highest BCUT2D eigenvalue weighted by Crippen LogP contribution is 2.39. The van der Waals surface area contributed by atoms with E-state index in [0.29, 0.717) is 6.29 Å². The molecule has 110 valence electrons. The van der Waals surface area contributed by atoms with E-state index in [4.69, 9.17) is 0 Å². The first kappa shape index (κ1) is 16.0. The third kappa shape index (κ3) is 3.97. The van der Waals surface area contributed by atoms with Gasteiger partial charge < -0.3 is 5.32 Å². The van der Waals surface area contributed by atoms with Crippen LogP contribution in [0.15, 0.2) is 24.3 Å². The molecule has 0 aliphatic rings. The van der Waals surface area contributed by atoms with Gasteiger partial charge in [-0.1, -0.05) is 0 Å². The highest BCUT2D eigenvalue weighted by Gasteiger charge is 2.61. The minimum absolute atomic E-state index is 0.159. The molecule has 1 aromatic rings. The quantitative estimate of drug-likeness (QED) is 0.688. The van der Waals surface area contributed by atoms with Crippen molar-refractivity contribution in [2.45, 2.75) is 12.4 Å². The van der Waals surface area contributed by atoms with Gasteiger partial charge in [0.2, 0.25) is 11.8 Å². The number of aldehydes is 1. The normalized spacial score (nSPS) is 12.3. The predicted molar refractivity (Wildman–Crippen MR) is 56.1 cm³/mol. The molecule has 0 saturated carbocycles. The number of alkyl halides is 6. The standard InChI is InChI=1S/C11H7F6NO2/c12-10(13,14)8(11(15,16)17)9(20)18-7-3-1-6(5-19)2-4-7/h1-5,8H,(H,18,20). The van der Waals surface area contributed by atoms with Crippen molar-refractivity contribution >= 4 is 17.9 Å². The van der Waals surface area contributed by atoms with E-state index in [2.05, 4.69) is 0 Å². The van der Waals surface area contributed by atoms with E-state index in [-0.39, 0.29) is 11.3 Å². The van der Waals surface area contributed by atoms with Gasteiger partial charge in [-0.2, -0.15) is 26.3 Å². The summed E-state index contributed by atoms with van der Waals surface area (Å²) < 4.78 is 73.6. The minimum atomic E-state index is -5.74. The van der Waals surface area contributed by atoms with E-state index in [1.807, 2.05) is 0 Å². The number of hydrogen-bond acceptors (Lipinski definition) is 2. The number of hydrogen-bond donors (Lipinski definition) is 1. The maximum atomic E-state index is 12.3. The van der Waals surface area contributed by atoms with Crippen LogP contribution in [0.2, 0.25) is 0 Å². The Morgan fingerprint density at radius 2 is 1.45 bits per heavy atom. The van der Waals surface area contributed by atoms with Gasteiger partial charge >= 0.3 is 12.4 Å². The van der Waals surface area contributed by atoms with Crippen LogP contribution in [0.5, 0.6) is 0 Å². The van der Waals surface area contributed by atoms with Crippen LogP contribution >= 0.6 is 0 Å². The van der Waals surface area contributed by atoms with Crippen molar-refractivity contribution < 1.29 is 35.9 Å². The molecule has 9 heteroatoms. The Balaban J connectivity index is 2.94. The molecule has 0 aliphatic heterocycles. The summed E-state index contributed by atoms with van der Waals surface area (Å²) in [7, 11) is 0. The molecule has 0 unspecified atom stereocenters. The molecule has 0 fully saturated rings. The van der Waals surface area contributed by atoms with E-state index in [9.17, 15) is 35.9 Å². The predicted octanol–water partition coefficient (Wildman–Crippen LogP) is 3.18. The first-order valence-corrected chi connectivity index (χ1v) is 5.05.